The van der Waals surface area contributed by atoms with Crippen molar-refractivity contribution < 1.29 is 14.4 Å². The molecular weight excluding hydrogens is 434 g/mol. The van der Waals surface area contributed by atoms with Crippen molar-refractivity contribution in [2.75, 3.05) is 31.5 Å². The van der Waals surface area contributed by atoms with E-state index < -0.39 is 0 Å². The van der Waals surface area contributed by atoms with E-state index in [1.165, 1.54) is 11.3 Å². The lowest BCUT2D eigenvalue weighted by Gasteiger charge is -2.35. The minimum Gasteiger partial charge on any atom is -0.338 e. The molecule has 1 aromatic carbocycles. The molecule has 2 aromatic rings. The van der Waals surface area contributed by atoms with Crippen molar-refractivity contribution in [3.05, 3.63) is 51.7 Å². The highest BCUT2D eigenvalue weighted by molar-refractivity contribution is 7.12. The van der Waals surface area contributed by atoms with Crippen LogP contribution in [0.5, 0.6) is 0 Å². The first-order valence-electron chi connectivity index (χ1n) is 11.9. The number of carbonyl (C=O) groups excluding carboxylic acids is 3. The van der Waals surface area contributed by atoms with Gasteiger partial charge in [0.2, 0.25) is 5.91 Å². The molecule has 0 bridgehead atoms. The molecule has 3 heterocycles. The Morgan fingerprint density at radius 3 is 2.30 bits per heavy atom. The number of anilines is 1. The Morgan fingerprint density at radius 1 is 0.970 bits per heavy atom. The normalized spacial score (nSPS) is 21.7. The summed E-state index contributed by atoms with van der Waals surface area (Å²) in [5.41, 5.74) is 2.25. The Hall–Kier alpha value is -2.67. The van der Waals surface area contributed by atoms with Crippen LogP contribution in [0.3, 0.4) is 0 Å². The van der Waals surface area contributed by atoms with Gasteiger partial charge in [-0.2, -0.15) is 0 Å². The summed E-state index contributed by atoms with van der Waals surface area (Å²) >= 11 is 1.45. The third kappa shape index (κ3) is 5.46. The first kappa shape index (κ1) is 23.5. The first-order chi connectivity index (χ1) is 15.8. The predicted octanol–water partition coefficient (Wildman–Crippen LogP) is 4.67. The minimum absolute atomic E-state index is 0.0318. The van der Waals surface area contributed by atoms with Crippen molar-refractivity contribution in [3.63, 3.8) is 0 Å². The van der Waals surface area contributed by atoms with E-state index in [1.807, 2.05) is 52.4 Å². The van der Waals surface area contributed by atoms with Gasteiger partial charge in [-0.15, -0.1) is 11.3 Å². The molecule has 176 valence electrons. The minimum atomic E-state index is -0.139. The second-order valence-corrected chi connectivity index (χ2v) is 10.7. The summed E-state index contributed by atoms with van der Waals surface area (Å²) in [6, 6.07) is 9.29. The van der Waals surface area contributed by atoms with Crippen molar-refractivity contribution in [2.24, 2.45) is 17.8 Å². The van der Waals surface area contributed by atoms with Crippen molar-refractivity contribution >= 4 is 34.7 Å². The number of nitrogens with zero attached hydrogens (tertiary/aromatic N) is 2. The molecule has 2 saturated heterocycles. The molecule has 4 rings (SSSR count). The van der Waals surface area contributed by atoms with Crippen LogP contribution in [0.15, 0.2) is 35.7 Å². The van der Waals surface area contributed by atoms with Crippen LogP contribution >= 0.6 is 11.3 Å². The molecule has 1 N–H and O–H groups in total. The van der Waals surface area contributed by atoms with Crippen LogP contribution in [-0.2, 0) is 4.79 Å². The van der Waals surface area contributed by atoms with Gasteiger partial charge in [0, 0.05) is 43.3 Å². The molecule has 2 aliphatic rings. The van der Waals surface area contributed by atoms with Crippen molar-refractivity contribution in [3.8, 4) is 0 Å². The molecule has 2 aliphatic heterocycles. The lowest BCUT2D eigenvalue weighted by atomic mass is 9.91. The van der Waals surface area contributed by atoms with E-state index in [2.05, 4.69) is 19.2 Å². The quantitative estimate of drug-likeness (QED) is 0.711. The average Bonchev–Trinajstić information content (AvgIpc) is 3.34. The zero-order valence-electron chi connectivity index (χ0n) is 19.7. The number of nitrogens with one attached hydrogen (secondary N) is 1. The largest absolute Gasteiger partial charge is 0.338 e. The molecule has 1 aromatic heterocycles. The molecule has 2 atom stereocenters. The zero-order valence-corrected chi connectivity index (χ0v) is 20.5. The van der Waals surface area contributed by atoms with Crippen molar-refractivity contribution in [2.45, 2.75) is 40.0 Å². The standard InChI is InChI=1S/C26H33N3O3S/c1-17-13-18(2)16-29(15-17)25(31)21-7-6-19(3)22(14-21)27-24(30)20-8-10-28(11-9-20)26(32)23-5-4-12-33-23/h4-7,12,14,17-18,20H,8-11,13,15-16H2,1-3H3,(H,27,30). The van der Waals surface area contributed by atoms with Gasteiger partial charge >= 0.3 is 0 Å². The highest BCUT2D eigenvalue weighted by atomic mass is 32.1. The van der Waals surface area contributed by atoms with Crippen molar-refractivity contribution in [1.29, 1.82) is 0 Å². The van der Waals surface area contributed by atoms with E-state index in [4.69, 9.17) is 0 Å². The van der Waals surface area contributed by atoms with E-state index in [9.17, 15) is 14.4 Å². The number of rotatable bonds is 4. The van der Waals surface area contributed by atoms with E-state index in [0.29, 0.717) is 49.0 Å². The maximum Gasteiger partial charge on any atom is 0.263 e. The number of piperidine rings is 2. The number of hydrogen-bond donors (Lipinski definition) is 1. The van der Waals surface area contributed by atoms with E-state index >= 15 is 0 Å². The Balaban J connectivity index is 1.37. The van der Waals surface area contributed by atoms with Crippen LogP contribution in [0.4, 0.5) is 5.69 Å². The third-order valence-corrected chi connectivity index (χ3v) is 7.64. The fraction of sp³-hybridized carbons (Fsp3) is 0.500. The number of aryl methyl sites for hydroxylation is 1. The van der Waals surface area contributed by atoms with Gasteiger partial charge in [-0.1, -0.05) is 26.0 Å². The van der Waals surface area contributed by atoms with E-state index in [1.54, 1.807) is 0 Å². The van der Waals surface area contributed by atoms with Gasteiger partial charge in [-0.05, 0) is 67.2 Å². The molecule has 0 saturated carbocycles. The SMILES string of the molecule is Cc1ccc(C(=O)N2CC(C)CC(C)C2)cc1NC(=O)C1CCN(C(=O)c2cccs2)CC1. The van der Waals surface area contributed by atoms with Gasteiger partial charge in [0.05, 0.1) is 4.88 Å². The smallest absolute Gasteiger partial charge is 0.263 e. The second kappa shape index (κ2) is 10.1. The monoisotopic (exact) mass is 467 g/mol. The molecule has 33 heavy (non-hydrogen) atoms. The lowest BCUT2D eigenvalue weighted by molar-refractivity contribution is -0.121. The van der Waals surface area contributed by atoms with Gasteiger partial charge in [-0.3, -0.25) is 14.4 Å². The van der Waals surface area contributed by atoms with Gasteiger partial charge in [0.25, 0.3) is 11.8 Å². The number of benzene rings is 1. The molecule has 3 amide bonds. The zero-order chi connectivity index (χ0) is 23.5. The van der Waals surface area contributed by atoms with Gasteiger partial charge in [-0.25, -0.2) is 0 Å². The van der Waals surface area contributed by atoms with Crippen molar-refractivity contribution in [1.82, 2.24) is 9.80 Å². The highest BCUT2D eigenvalue weighted by Crippen LogP contribution is 2.26. The number of amides is 3. The summed E-state index contributed by atoms with van der Waals surface area (Å²) in [5, 5.41) is 4.96. The van der Waals surface area contributed by atoms with Crippen LogP contribution in [0.2, 0.25) is 0 Å². The Labute approximate surface area is 200 Å². The average molecular weight is 468 g/mol. The van der Waals surface area contributed by atoms with Gasteiger partial charge in [0.15, 0.2) is 0 Å². The molecule has 6 nitrogen and oxygen atoms in total. The first-order valence-corrected chi connectivity index (χ1v) is 12.7. The molecule has 2 fully saturated rings. The van der Waals surface area contributed by atoms with Crippen LogP contribution in [-0.4, -0.2) is 53.7 Å². The number of carbonyl (C=O) groups is 3. The molecule has 0 aliphatic carbocycles. The fourth-order valence-corrected chi connectivity index (χ4v) is 5.73. The highest BCUT2D eigenvalue weighted by Gasteiger charge is 2.29. The lowest BCUT2D eigenvalue weighted by Crippen LogP contribution is -2.42. The van der Waals surface area contributed by atoms with Crippen LogP contribution in [0, 0.1) is 24.7 Å². The molecule has 7 heteroatoms. The third-order valence-electron chi connectivity index (χ3n) is 6.78. The number of thiophene rings is 1. The molecule has 0 radical (unpaired) electrons. The number of hydrogen-bond acceptors (Lipinski definition) is 4. The summed E-state index contributed by atoms with van der Waals surface area (Å²) in [5.74, 6) is 0.905. The predicted molar refractivity (Wildman–Crippen MR) is 132 cm³/mol. The Bertz CT molecular complexity index is 1000. The summed E-state index contributed by atoms with van der Waals surface area (Å²) in [7, 11) is 0. The summed E-state index contributed by atoms with van der Waals surface area (Å²) in [6.07, 6.45) is 2.44. The maximum atomic E-state index is 13.1. The molecule has 0 spiro atoms. The maximum absolute atomic E-state index is 13.1. The summed E-state index contributed by atoms with van der Waals surface area (Å²) in [4.78, 5) is 43.2. The number of likely N-dealkylation sites (tertiary alicyclic amines) is 2. The Kier molecular flexibility index (Phi) is 7.17. The van der Waals surface area contributed by atoms with Crippen LogP contribution in [0.1, 0.15) is 58.7 Å². The fourth-order valence-electron chi connectivity index (χ4n) is 5.04. The summed E-state index contributed by atoms with van der Waals surface area (Å²) in [6.45, 7) is 9.04. The topological polar surface area (TPSA) is 69.7 Å². The van der Waals surface area contributed by atoms with Gasteiger partial charge < -0.3 is 15.1 Å². The Morgan fingerprint density at radius 2 is 1.67 bits per heavy atom. The second-order valence-electron chi connectivity index (χ2n) is 9.72. The van der Waals surface area contributed by atoms with E-state index in [0.717, 1.165) is 30.0 Å². The molecule has 2 unspecified atom stereocenters. The van der Waals surface area contributed by atoms with Gasteiger partial charge in [0.1, 0.15) is 0 Å². The van der Waals surface area contributed by atoms with Crippen LogP contribution < -0.4 is 5.32 Å². The summed E-state index contributed by atoms with van der Waals surface area (Å²) < 4.78 is 0. The van der Waals surface area contributed by atoms with E-state index in [-0.39, 0.29) is 23.6 Å². The van der Waals surface area contributed by atoms with Crippen LogP contribution in [0.25, 0.3) is 0 Å². The molecular formula is C26H33N3O3S.